The molecule has 0 unspecified atom stereocenters. The van der Waals surface area contributed by atoms with Crippen molar-refractivity contribution in [1.82, 2.24) is 15.0 Å². The first-order valence-electron chi connectivity index (χ1n) is 6.29. The van der Waals surface area contributed by atoms with Crippen LogP contribution in [0.1, 0.15) is 21.8 Å². The summed E-state index contributed by atoms with van der Waals surface area (Å²) in [6.45, 7) is 1.93. The Labute approximate surface area is 119 Å². The van der Waals surface area contributed by atoms with Crippen molar-refractivity contribution in [2.24, 2.45) is 7.05 Å². The lowest BCUT2D eigenvalue weighted by molar-refractivity contribution is 0.0697. The monoisotopic (exact) mass is 287 g/mol. The largest absolute Gasteiger partial charge is 0.487 e. The van der Waals surface area contributed by atoms with Gasteiger partial charge in [0.15, 0.2) is 0 Å². The van der Waals surface area contributed by atoms with Crippen molar-refractivity contribution in [3.63, 3.8) is 0 Å². The van der Waals surface area contributed by atoms with E-state index < -0.39 is 5.97 Å². The summed E-state index contributed by atoms with van der Waals surface area (Å²) in [6, 6.07) is 5.10. The number of carboxylic acid groups (broad SMARTS) is 1. The van der Waals surface area contributed by atoms with Gasteiger partial charge >= 0.3 is 5.97 Å². The molecule has 0 spiro atoms. The van der Waals surface area contributed by atoms with Gasteiger partial charge in [0.05, 0.1) is 11.9 Å². The Balaban J connectivity index is 1.91. The quantitative estimate of drug-likeness (QED) is 0.790. The zero-order chi connectivity index (χ0) is 15.0. The van der Waals surface area contributed by atoms with Gasteiger partial charge in [-0.05, 0) is 25.1 Å². The molecule has 0 aliphatic heterocycles. The normalized spacial score (nSPS) is 11.0. The molecular weight excluding hydrogens is 274 g/mol. The van der Waals surface area contributed by atoms with Gasteiger partial charge < -0.3 is 14.3 Å². The fourth-order valence-corrected chi connectivity index (χ4v) is 2.15. The van der Waals surface area contributed by atoms with Crippen LogP contribution < -0.4 is 4.74 Å². The van der Waals surface area contributed by atoms with Gasteiger partial charge in [-0.15, -0.1) is 5.10 Å². The summed E-state index contributed by atoms with van der Waals surface area (Å²) in [7, 11) is 1.77. The SMILES string of the molecule is Cc1oc2ccc(OCc3cnnn3C)cc2c1C(=O)O. The number of hydrogen-bond donors (Lipinski definition) is 1. The Morgan fingerprint density at radius 1 is 1.48 bits per heavy atom. The standard InChI is InChI=1S/C14H13N3O4/c1-8-13(14(18)19)11-5-10(3-4-12(11)21-8)20-7-9-6-15-16-17(9)2/h3-6H,7H2,1-2H3,(H,18,19). The molecule has 0 fully saturated rings. The third kappa shape index (κ3) is 2.33. The molecule has 1 aromatic carbocycles. The van der Waals surface area contributed by atoms with E-state index in [9.17, 15) is 9.90 Å². The van der Waals surface area contributed by atoms with Crippen molar-refractivity contribution >= 4 is 16.9 Å². The first-order valence-corrected chi connectivity index (χ1v) is 6.29. The number of aromatic nitrogens is 3. The molecule has 7 nitrogen and oxygen atoms in total. The molecule has 0 radical (unpaired) electrons. The summed E-state index contributed by atoms with van der Waals surface area (Å²) >= 11 is 0. The van der Waals surface area contributed by atoms with E-state index in [1.54, 1.807) is 43.0 Å². The molecule has 2 aromatic heterocycles. The zero-order valence-electron chi connectivity index (χ0n) is 11.5. The number of fused-ring (bicyclic) bond motifs is 1. The Hall–Kier alpha value is -2.83. The molecule has 0 atom stereocenters. The zero-order valence-corrected chi connectivity index (χ0v) is 11.5. The highest BCUT2D eigenvalue weighted by molar-refractivity contribution is 6.03. The van der Waals surface area contributed by atoms with Crippen molar-refractivity contribution in [2.75, 3.05) is 0 Å². The average Bonchev–Trinajstić information content (AvgIpc) is 2.98. The highest BCUT2D eigenvalue weighted by Gasteiger charge is 2.17. The molecule has 0 aliphatic rings. The minimum absolute atomic E-state index is 0.164. The van der Waals surface area contributed by atoms with Crippen LogP contribution in [-0.2, 0) is 13.7 Å². The summed E-state index contributed by atoms with van der Waals surface area (Å²) in [4.78, 5) is 11.3. The van der Waals surface area contributed by atoms with Crippen LogP contribution in [0.3, 0.4) is 0 Å². The number of furan rings is 1. The van der Waals surface area contributed by atoms with E-state index in [2.05, 4.69) is 10.3 Å². The van der Waals surface area contributed by atoms with Crippen LogP contribution in [0.4, 0.5) is 0 Å². The third-order valence-electron chi connectivity index (χ3n) is 3.24. The maximum Gasteiger partial charge on any atom is 0.339 e. The van der Waals surface area contributed by atoms with Crippen molar-refractivity contribution in [1.29, 1.82) is 0 Å². The number of hydrogen-bond acceptors (Lipinski definition) is 5. The summed E-state index contributed by atoms with van der Waals surface area (Å²) in [6.07, 6.45) is 1.61. The second-order valence-electron chi connectivity index (χ2n) is 4.63. The lowest BCUT2D eigenvalue weighted by atomic mass is 10.1. The highest BCUT2D eigenvalue weighted by Crippen LogP contribution is 2.29. The summed E-state index contributed by atoms with van der Waals surface area (Å²) in [5.74, 6) is -0.0725. The highest BCUT2D eigenvalue weighted by atomic mass is 16.5. The van der Waals surface area contributed by atoms with Gasteiger partial charge in [-0.2, -0.15) is 0 Å². The lowest BCUT2D eigenvalue weighted by Gasteiger charge is -2.05. The maximum atomic E-state index is 11.3. The van der Waals surface area contributed by atoms with E-state index in [0.717, 1.165) is 5.69 Å². The van der Waals surface area contributed by atoms with Crippen LogP contribution in [0.25, 0.3) is 11.0 Å². The fraction of sp³-hybridized carbons (Fsp3) is 0.214. The molecule has 108 valence electrons. The van der Waals surface area contributed by atoms with Gasteiger partial charge in [-0.3, -0.25) is 0 Å². The van der Waals surface area contributed by atoms with E-state index in [1.165, 1.54) is 0 Å². The fourth-order valence-electron chi connectivity index (χ4n) is 2.15. The Kier molecular flexibility index (Phi) is 3.09. The number of carbonyl (C=O) groups is 1. The van der Waals surface area contributed by atoms with Crippen LogP contribution >= 0.6 is 0 Å². The number of rotatable bonds is 4. The number of benzene rings is 1. The van der Waals surface area contributed by atoms with E-state index in [4.69, 9.17) is 9.15 Å². The molecule has 7 heteroatoms. The Morgan fingerprint density at radius 2 is 2.29 bits per heavy atom. The maximum absolute atomic E-state index is 11.3. The molecule has 1 N–H and O–H groups in total. The minimum Gasteiger partial charge on any atom is -0.487 e. The smallest absolute Gasteiger partial charge is 0.339 e. The molecule has 3 rings (SSSR count). The number of nitrogens with zero attached hydrogens (tertiary/aromatic N) is 3. The van der Waals surface area contributed by atoms with Crippen LogP contribution in [0.15, 0.2) is 28.8 Å². The molecule has 21 heavy (non-hydrogen) atoms. The van der Waals surface area contributed by atoms with Crippen molar-refractivity contribution in [3.8, 4) is 5.75 Å². The van der Waals surface area contributed by atoms with E-state index in [0.29, 0.717) is 29.1 Å². The molecule has 0 amide bonds. The molecule has 3 aromatic rings. The third-order valence-corrected chi connectivity index (χ3v) is 3.24. The predicted octanol–water partition coefficient (Wildman–Crippen LogP) is 2.15. The number of carboxylic acids is 1. The Bertz CT molecular complexity index is 819. The number of aromatic carboxylic acids is 1. The van der Waals surface area contributed by atoms with Gasteiger partial charge in [0.1, 0.15) is 29.3 Å². The van der Waals surface area contributed by atoms with E-state index in [-0.39, 0.29) is 5.56 Å². The second-order valence-corrected chi connectivity index (χ2v) is 4.63. The minimum atomic E-state index is -1.01. The molecule has 0 bridgehead atoms. The topological polar surface area (TPSA) is 90.4 Å². The lowest BCUT2D eigenvalue weighted by Crippen LogP contribution is -2.03. The van der Waals surface area contributed by atoms with Gasteiger partial charge in [0.25, 0.3) is 0 Å². The first-order chi connectivity index (χ1) is 10.1. The van der Waals surface area contributed by atoms with Crippen LogP contribution in [0, 0.1) is 6.92 Å². The molecule has 0 aliphatic carbocycles. The van der Waals surface area contributed by atoms with Crippen molar-refractivity contribution in [2.45, 2.75) is 13.5 Å². The van der Waals surface area contributed by atoms with Crippen LogP contribution in [0.2, 0.25) is 0 Å². The van der Waals surface area contributed by atoms with Gasteiger partial charge in [-0.25, -0.2) is 9.48 Å². The second kappa shape index (κ2) is 4.93. The molecule has 0 saturated carbocycles. The van der Waals surface area contributed by atoms with Crippen LogP contribution in [-0.4, -0.2) is 26.1 Å². The van der Waals surface area contributed by atoms with E-state index >= 15 is 0 Å². The van der Waals surface area contributed by atoms with E-state index in [1.807, 2.05) is 0 Å². The van der Waals surface area contributed by atoms with Gasteiger partial charge in [0.2, 0.25) is 0 Å². The van der Waals surface area contributed by atoms with Gasteiger partial charge in [0, 0.05) is 12.4 Å². The predicted molar refractivity (Wildman–Crippen MR) is 73.2 cm³/mol. The van der Waals surface area contributed by atoms with Crippen molar-refractivity contribution in [3.05, 3.63) is 41.4 Å². The molecule has 2 heterocycles. The first kappa shape index (κ1) is 13.2. The van der Waals surface area contributed by atoms with Crippen LogP contribution in [0.5, 0.6) is 5.75 Å². The number of ether oxygens (including phenoxy) is 1. The van der Waals surface area contributed by atoms with Gasteiger partial charge in [-0.1, -0.05) is 5.21 Å². The summed E-state index contributed by atoms with van der Waals surface area (Å²) in [5, 5.41) is 17.3. The van der Waals surface area contributed by atoms with Crippen molar-refractivity contribution < 1.29 is 19.1 Å². The summed E-state index contributed by atoms with van der Waals surface area (Å²) in [5.41, 5.74) is 1.51. The average molecular weight is 287 g/mol. The molecular formula is C14H13N3O4. The number of aryl methyl sites for hydroxylation is 2. The molecule has 0 saturated heterocycles. The summed E-state index contributed by atoms with van der Waals surface area (Å²) < 4.78 is 12.7. The Morgan fingerprint density at radius 3 is 2.95 bits per heavy atom.